The lowest BCUT2D eigenvalue weighted by Gasteiger charge is -2.11. The standard InChI is InChI=1S/C21H18F3N3O/c22-21(23,24)15-5-7-16(8-6-15)26-12-14-4-9-20(27-13-14)28-19-3-1-2-18-17(19)10-11-25-18/h1-9,13,25-26H,10-12H2. The first-order valence-corrected chi connectivity index (χ1v) is 8.89. The van der Waals surface area contributed by atoms with Crippen molar-refractivity contribution in [1.29, 1.82) is 0 Å². The molecule has 2 heterocycles. The summed E-state index contributed by atoms with van der Waals surface area (Å²) in [5.41, 5.74) is 3.09. The van der Waals surface area contributed by atoms with Crippen molar-refractivity contribution in [2.24, 2.45) is 0 Å². The van der Waals surface area contributed by atoms with E-state index >= 15 is 0 Å². The van der Waals surface area contributed by atoms with E-state index in [1.165, 1.54) is 12.1 Å². The van der Waals surface area contributed by atoms with Gasteiger partial charge in [0.1, 0.15) is 5.75 Å². The molecule has 1 aromatic heterocycles. The van der Waals surface area contributed by atoms with Gasteiger partial charge >= 0.3 is 6.18 Å². The zero-order chi connectivity index (χ0) is 19.6. The highest BCUT2D eigenvalue weighted by Gasteiger charge is 2.29. The summed E-state index contributed by atoms with van der Waals surface area (Å²) in [5, 5.41) is 6.39. The van der Waals surface area contributed by atoms with E-state index in [0.717, 1.165) is 47.7 Å². The summed E-state index contributed by atoms with van der Waals surface area (Å²) < 4.78 is 43.7. The van der Waals surface area contributed by atoms with E-state index in [9.17, 15) is 13.2 Å². The number of alkyl halides is 3. The van der Waals surface area contributed by atoms with E-state index in [4.69, 9.17) is 4.74 Å². The summed E-state index contributed by atoms with van der Waals surface area (Å²) in [6.45, 7) is 1.35. The first kappa shape index (κ1) is 18.2. The highest BCUT2D eigenvalue weighted by atomic mass is 19.4. The Morgan fingerprint density at radius 1 is 1.04 bits per heavy atom. The largest absolute Gasteiger partial charge is 0.439 e. The Morgan fingerprint density at radius 3 is 2.57 bits per heavy atom. The Labute approximate surface area is 160 Å². The highest BCUT2D eigenvalue weighted by Crippen LogP contribution is 2.33. The van der Waals surface area contributed by atoms with Crippen LogP contribution in [0.15, 0.2) is 60.8 Å². The van der Waals surface area contributed by atoms with Crippen molar-refractivity contribution in [3.05, 3.63) is 77.5 Å². The topological polar surface area (TPSA) is 46.2 Å². The number of pyridine rings is 1. The molecule has 2 aromatic carbocycles. The molecule has 4 rings (SSSR count). The van der Waals surface area contributed by atoms with Crippen LogP contribution in [0.4, 0.5) is 24.5 Å². The number of hydrogen-bond donors (Lipinski definition) is 2. The Morgan fingerprint density at radius 2 is 1.86 bits per heavy atom. The van der Waals surface area contributed by atoms with Crippen molar-refractivity contribution in [2.45, 2.75) is 19.1 Å². The maximum atomic E-state index is 12.6. The molecule has 144 valence electrons. The summed E-state index contributed by atoms with van der Waals surface area (Å²) in [5.74, 6) is 1.30. The molecule has 0 atom stereocenters. The minimum Gasteiger partial charge on any atom is -0.439 e. The van der Waals surface area contributed by atoms with E-state index in [0.29, 0.717) is 18.1 Å². The van der Waals surface area contributed by atoms with E-state index in [1.807, 2.05) is 24.3 Å². The van der Waals surface area contributed by atoms with Crippen LogP contribution in [0.25, 0.3) is 0 Å². The van der Waals surface area contributed by atoms with Crippen LogP contribution in [0.2, 0.25) is 0 Å². The van der Waals surface area contributed by atoms with Crippen LogP contribution in [-0.2, 0) is 19.1 Å². The smallest absolute Gasteiger partial charge is 0.416 e. The molecule has 0 unspecified atom stereocenters. The van der Waals surface area contributed by atoms with Crippen molar-refractivity contribution in [3.8, 4) is 11.6 Å². The minimum absolute atomic E-state index is 0.448. The monoisotopic (exact) mass is 385 g/mol. The molecule has 0 amide bonds. The van der Waals surface area contributed by atoms with Crippen molar-refractivity contribution < 1.29 is 17.9 Å². The van der Waals surface area contributed by atoms with Gasteiger partial charge in [0.15, 0.2) is 0 Å². The first-order valence-electron chi connectivity index (χ1n) is 8.89. The van der Waals surface area contributed by atoms with Crippen molar-refractivity contribution in [2.75, 3.05) is 17.2 Å². The van der Waals surface area contributed by atoms with Crippen LogP contribution in [0, 0.1) is 0 Å². The number of ether oxygens (including phenoxy) is 1. The molecular weight excluding hydrogens is 367 g/mol. The number of fused-ring (bicyclic) bond motifs is 1. The van der Waals surface area contributed by atoms with Gasteiger partial charge in [0, 0.05) is 42.3 Å². The van der Waals surface area contributed by atoms with Crippen LogP contribution in [0.1, 0.15) is 16.7 Å². The van der Waals surface area contributed by atoms with Gasteiger partial charge in [0.05, 0.1) is 5.56 Å². The van der Waals surface area contributed by atoms with Gasteiger partial charge in [0.2, 0.25) is 5.88 Å². The molecular formula is C21H18F3N3O. The molecule has 28 heavy (non-hydrogen) atoms. The number of nitrogens with zero attached hydrogens (tertiary/aromatic N) is 1. The Balaban J connectivity index is 1.37. The summed E-state index contributed by atoms with van der Waals surface area (Å²) in [4.78, 5) is 4.33. The van der Waals surface area contributed by atoms with Gasteiger partial charge in [-0.2, -0.15) is 13.2 Å². The van der Waals surface area contributed by atoms with E-state index in [2.05, 4.69) is 15.6 Å². The van der Waals surface area contributed by atoms with Gasteiger partial charge in [-0.05, 0) is 48.4 Å². The molecule has 7 heteroatoms. The van der Waals surface area contributed by atoms with Gasteiger partial charge < -0.3 is 15.4 Å². The van der Waals surface area contributed by atoms with E-state index < -0.39 is 11.7 Å². The number of hydrogen-bond acceptors (Lipinski definition) is 4. The molecule has 0 fully saturated rings. The van der Waals surface area contributed by atoms with Gasteiger partial charge in [0.25, 0.3) is 0 Å². The van der Waals surface area contributed by atoms with E-state index in [-0.39, 0.29) is 0 Å². The van der Waals surface area contributed by atoms with Crippen LogP contribution in [-0.4, -0.2) is 11.5 Å². The second-order valence-electron chi connectivity index (χ2n) is 6.49. The van der Waals surface area contributed by atoms with Crippen LogP contribution in [0.3, 0.4) is 0 Å². The lowest BCUT2D eigenvalue weighted by Crippen LogP contribution is -2.05. The van der Waals surface area contributed by atoms with Crippen molar-refractivity contribution in [1.82, 2.24) is 4.98 Å². The SMILES string of the molecule is FC(F)(F)c1ccc(NCc2ccc(Oc3cccc4c3CCN4)nc2)cc1. The molecule has 0 saturated heterocycles. The predicted octanol–water partition coefficient (Wildman–Crippen LogP) is 5.47. The molecule has 3 aromatic rings. The average molecular weight is 385 g/mol. The lowest BCUT2D eigenvalue weighted by molar-refractivity contribution is -0.137. The number of aromatic nitrogens is 1. The molecule has 4 nitrogen and oxygen atoms in total. The number of halogens is 3. The maximum Gasteiger partial charge on any atom is 0.416 e. The molecule has 0 saturated carbocycles. The maximum absolute atomic E-state index is 12.6. The highest BCUT2D eigenvalue weighted by molar-refractivity contribution is 5.61. The average Bonchev–Trinajstić information content (AvgIpc) is 3.17. The first-order chi connectivity index (χ1) is 13.5. The number of benzene rings is 2. The molecule has 1 aliphatic heterocycles. The van der Waals surface area contributed by atoms with Crippen molar-refractivity contribution >= 4 is 11.4 Å². The zero-order valence-electron chi connectivity index (χ0n) is 14.9. The van der Waals surface area contributed by atoms with Gasteiger partial charge in [-0.15, -0.1) is 0 Å². The summed E-state index contributed by atoms with van der Waals surface area (Å²) in [7, 11) is 0. The number of nitrogens with one attached hydrogen (secondary N) is 2. The second-order valence-corrected chi connectivity index (χ2v) is 6.49. The summed E-state index contributed by atoms with van der Waals surface area (Å²) in [6.07, 6.45) is -1.72. The second kappa shape index (κ2) is 7.42. The molecule has 0 bridgehead atoms. The van der Waals surface area contributed by atoms with E-state index in [1.54, 1.807) is 12.3 Å². The van der Waals surface area contributed by atoms with Gasteiger partial charge in [-0.25, -0.2) is 4.98 Å². The summed E-state index contributed by atoms with van der Waals surface area (Å²) in [6, 6.07) is 14.5. The molecule has 0 aliphatic carbocycles. The van der Waals surface area contributed by atoms with Gasteiger partial charge in [-0.3, -0.25) is 0 Å². The fourth-order valence-electron chi connectivity index (χ4n) is 3.08. The molecule has 0 radical (unpaired) electrons. The molecule has 0 spiro atoms. The Bertz CT molecular complexity index is 954. The zero-order valence-corrected chi connectivity index (χ0v) is 14.9. The third-order valence-electron chi connectivity index (χ3n) is 4.54. The molecule has 2 N–H and O–H groups in total. The minimum atomic E-state index is -4.33. The fraction of sp³-hybridized carbons (Fsp3) is 0.190. The Hall–Kier alpha value is -3.22. The number of rotatable bonds is 5. The Kier molecular flexibility index (Phi) is 4.81. The quantitative estimate of drug-likeness (QED) is 0.611. The number of anilines is 2. The molecule has 1 aliphatic rings. The lowest BCUT2D eigenvalue weighted by atomic mass is 10.1. The fourth-order valence-corrected chi connectivity index (χ4v) is 3.08. The third-order valence-corrected chi connectivity index (χ3v) is 4.54. The third kappa shape index (κ3) is 4.03. The normalized spacial score (nSPS) is 13.0. The van der Waals surface area contributed by atoms with Crippen molar-refractivity contribution in [3.63, 3.8) is 0 Å². The predicted molar refractivity (Wildman–Crippen MR) is 102 cm³/mol. The van der Waals surface area contributed by atoms with Gasteiger partial charge in [-0.1, -0.05) is 12.1 Å². The van der Waals surface area contributed by atoms with Crippen LogP contribution >= 0.6 is 0 Å². The summed E-state index contributed by atoms with van der Waals surface area (Å²) >= 11 is 0. The van der Waals surface area contributed by atoms with Crippen LogP contribution < -0.4 is 15.4 Å². The van der Waals surface area contributed by atoms with Crippen LogP contribution in [0.5, 0.6) is 11.6 Å².